The third-order valence-electron chi connectivity index (χ3n) is 3.45. The van der Waals surface area contributed by atoms with Crippen molar-refractivity contribution in [2.45, 2.75) is 30.8 Å². The Bertz CT molecular complexity index is 660. The number of sulfonamides is 1. The van der Waals surface area contributed by atoms with Crippen LogP contribution in [0, 0.1) is 6.92 Å². The lowest BCUT2D eigenvalue weighted by molar-refractivity contribution is 0.390. The highest BCUT2D eigenvalue weighted by atomic mass is 32.2. The highest BCUT2D eigenvalue weighted by molar-refractivity contribution is 7.89. The number of hydrogen-bond donors (Lipinski definition) is 2. The Morgan fingerprint density at radius 3 is 2.95 bits per heavy atom. The second-order valence-corrected chi connectivity index (χ2v) is 6.59. The van der Waals surface area contributed by atoms with Crippen LogP contribution in [0.2, 0.25) is 0 Å². The summed E-state index contributed by atoms with van der Waals surface area (Å²) in [4.78, 5) is 9.89. The van der Waals surface area contributed by atoms with Crippen LogP contribution in [-0.4, -0.2) is 34.2 Å². The zero-order chi connectivity index (χ0) is 13.5. The lowest BCUT2D eigenvalue weighted by Crippen LogP contribution is -2.31. The maximum atomic E-state index is 12.6. The van der Waals surface area contributed by atoms with Gasteiger partial charge in [-0.2, -0.15) is 4.31 Å². The molecular weight excluding hydrogens is 264 g/mol. The SMILES string of the molecule is Cc1ncc(S(=O)(=O)N2CCCC2c2ccc[nH]2)[nH]1. The molecule has 1 aliphatic heterocycles. The van der Waals surface area contributed by atoms with Crippen molar-refractivity contribution < 1.29 is 8.42 Å². The first kappa shape index (κ1) is 12.4. The van der Waals surface area contributed by atoms with Gasteiger partial charge in [0.1, 0.15) is 5.82 Å². The smallest absolute Gasteiger partial charge is 0.260 e. The molecule has 3 heterocycles. The van der Waals surface area contributed by atoms with Crippen molar-refractivity contribution in [1.29, 1.82) is 0 Å². The van der Waals surface area contributed by atoms with Crippen LogP contribution in [0.5, 0.6) is 0 Å². The number of aromatic nitrogens is 3. The van der Waals surface area contributed by atoms with Crippen LogP contribution < -0.4 is 0 Å². The highest BCUT2D eigenvalue weighted by Crippen LogP contribution is 2.35. The Balaban J connectivity index is 1.96. The van der Waals surface area contributed by atoms with E-state index in [1.165, 1.54) is 6.20 Å². The summed E-state index contributed by atoms with van der Waals surface area (Å²) in [6, 6.07) is 3.71. The van der Waals surface area contributed by atoms with Crippen LogP contribution in [0.3, 0.4) is 0 Å². The number of nitrogens with zero attached hydrogens (tertiary/aromatic N) is 2. The standard InChI is InChI=1S/C12H16N4O2S/c1-9-14-8-12(15-9)19(17,18)16-7-3-5-11(16)10-4-2-6-13-10/h2,4,6,8,11,13H,3,5,7H2,1H3,(H,14,15). The molecule has 102 valence electrons. The normalized spacial score (nSPS) is 21.0. The average Bonchev–Trinajstić information content (AvgIpc) is 3.09. The molecule has 19 heavy (non-hydrogen) atoms. The van der Waals surface area contributed by atoms with E-state index < -0.39 is 10.0 Å². The van der Waals surface area contributed by atoms with Crippen LogP contribution in [0.1, 0.15) is 30.4 Å². The molecule has 0 spiro atoms. The fraction of sp³-hybridized carbons (Fsp3) is 0.417. The van der Waals surface area contributed by atoms with Gasteiger partial charge in [0, 0.05) is 18.4 Å². The van der Waals surface area contributed by atoms with E-state index in [1.54, 1.807) is 11.2 Å². The van der Waals surface area contributed by atoms with Gasteiger partial charge in [0.05, 0.1) is 12.2 Å². The van der Waals surface area contributed by atoms with Gasteiger partial charge in [-0.15, -0.1) is 0 Å². The Morgan fingerprint density at radius 2 is 2.32 bits per heavy atom. The maximum Gasteiger partial charge on any atom is 0.260 e. The summed E-state index contributed by atoms with van der Waals surface area (Å²) < 4.78 is 26.7. The van der Waals surface area contributed by atoms with Crippen molar-refractivity contribution in [2.75, 3.05) is 6.54 Å². The van der Waals surface area contributed by atoms with Crippen LogP contribution in [0.25, 0.3) is 0 Å². The minimum atomic E-state index is -3.50. The zero-order valence-electron chi connectivity index (χ0n) is 10.6. The zero-order valence-corrected chi connectivity index (χ0v) is 11.4. The lowest BCUT2D eigenvalue weighted by atomic mass is 10.2. The molecule has 1 atom stereocenters. The van der Waals surface area contributed by atoms with E-state index >= 15 is 0 Å². The average molecular weight is 280 g/mol. The first-order valence-corrected chi connectivity index (χ1v) is 7.70. The van der Waals surface area contributed by atoms with Crippen molar-refractivity contribution in [3.8, 4) is 0 Å². The second-order valence-electron chi connectivity index (χ2n) is 4.73. The molecule has 2 aromatic rings. The summed E-state index contributed by atoms with van der Waals surface area (Å²) in [6.07, 6.45) is 4.91. The Hall–Kier alpha value is -1.60. The molecule has 1 fully saturated rings. The third-order valence-corrected chi connectivity index (χ3v) is 5.27. The minimum absolute atomic E-state index is 0.108. The first-order chi connectivity index (χ1) is 9.09. The molecule has 7 heteroatoms. The summed E-state index contributed by atoms with van der Waals surface area (Å²) in [6.45, 7) is 2.29. The second kappa shape index (κ2) is 4.50. The van der Waals surface area contributed by atoms with E-state index in [1.807, 2.05) is 18.3 Å². The predicted octanol–water partition coefficient (Wildman–Crippen LogP) is 1.57. The van der Waals surface area contributed by atoms with E-state index in [0.29, 0.717) is 12.4 Å². The van der Waals surface area contributed by atoms with Gasteiger partial charge in [-0.1, -0.05) is 0 Å². The van der Waals surface area contributed by atoms with Crippen molar-refractivity contribution >= 4 is 10.0 Å². The molecule has 2 N–H and O–H groups in total. The molecule has 6 nitrogen and oxygen atoms in total. The topological polar surface area (TPSA) is 81.8 Å². The summed E-state index contributed by atoms with van der Waals surface area (Å²) >= 11 is 0. The van der Waals surface area contributed by atoms with Crippen molar-refractivity contribution in [1.82, 2.24) is 19.3 Å². The van der Waals surface area contributed by atoms with E-state index in [2.05, 4.69) is 15.0 Å². The first-order valence-electron chi connectivity index (χ1n) is 6.26. The molecule has 0 bridgehead atoms. The van der Waals surface area contributed by atoms with Gasteiger partial charge in [0.15, 0.2) is 5.03 Å². The Kier molecular flexibility index (Phi) is 2.94. The molecule has 0 radical (unpaired) electrons. The van der Waals surface area contributed by atoms with Crippen LogP contribution in [0.4, 0.5) is 0 Å². The molecule has 2 aromatic heterocycles. The van der Waals surface area contributed by atoms with Crippen LogP contribution in [0.15, 0.2) is 29.6 Å². The fourth-order valence-electron chi connectivity index (χ4n) is 2.55. The van der Waals surface area contributed by atoms with Crippen molar-refractivity contribution in [2.24, 2.45) is 0 Å². The summed E-state index contributed by atoms with van der Waals surface area (Å²) in [7, 11) is -3.50. The largest absolute Gasteiger partial charge is 0.364 e. The number of aromatic amines is 2. The summed E-state index contributed by atoms with van der Waals surface area (Å²) in [5.74, 6) is 0.606. The Labute approximate surface area is 111 Å². The highest BCUT2D eigenvalue weighted by Gasteiger charge is 2.37. The molecule has 0 aliphatic carbocycles. The van der Waals surface area contributed by atoms with Gasteiger partial charge >= 0.3 is 0 Å². The van der Waals surface area contributed by atoms with Gasteiger partial charge in [-0.3, -0.25) is 0 Å². The molecule has 1 aliphatic rings. The van der Waals surface area contributed by atoms with Crippen LogP contribution >= 0.6 is 0 Å². The van der Waals surface area contributed by atoms with Gasteiger partial charge in [-0.05, 0) is 31.9 Å². The lowest BCUT2D eigenvalue weighted by Gasteiger charge is -2.22. The van der Waals surface area contributed by atoms with Crippen molar-refractivity contribution in [3.05, 3.63) is 36.0 Å². The number of H-pyrrole nitrogens is 2. The van der Waals surface area contributed by atoms with E-state index in [-0.39, 0.29) is 11.1 Å². The third kappa shape index (κ3) is 2.08. The predicted molar refractivity (Wildman–Crippen MR) is 70.0 cm³/mol. The fourth-order valence-corrected chi connectivity index (χ4v) is 4.18. The number of aryl methyl sites for hydroxylation is 1. The molecule has 3 rings (SSSR count). The number of imidazole rings is 1. The molecule has 1 unspecified atom stereocenters. The molecular formula is C12H16N4O2S. The summed E-state index contributed by atoms with van der Waals surface area (Å²) in [5.41, 5.74) is 0.942. The number of rotatable bonds is 3. The maximum absolute atomic E-state index is 12.6. The van der Waals surface area contributed by atoms with Gasteiger partial charge in [0.25, 0.3) is 10.0 Å². The van der Waals surface area contributed by atoms with Crippen LogP contribution in [-0.2, 0) is 10.0 Å². The van der Waals surface area contributed by atoms with E-state index in [9.17, 15) is 8.42 Å². The van der Waals surface area contributed by atoms with E-state index in [4.69, 9.17) is 0 Å². The quantitative estimate of drug-likeness (QED) is 0.895. The number of nitrogens with one attached hydrogen (secondary N) is 2. The van der Waals surface area contributed by atoms with Gasteiger partial charge in [0.2, 0.25) is 0 Å². The molecule has 1 saturated heterocycles. The molecule has 0 saturated carbocycles. The summed E-state index contributed by atoms with van der Waals surface area (Å²) in [5, 5.41) is 0.170. The monoisotopic (exact) mass is 280 g/mol. The van der Waals surface area contributed by atoms with E-state index in [0.717, 1.165) is 18.5 Å². The number of hydrogen-bond acceptors (Lipinski definition) is 3. The molecule has 0 aromatic carbocycles. The minimum Gasteiger partial charge on any atom is -0.364 e. The molecule has 0 amide bonds. The van der Waals surface area contributed by atoms with Crippen molar-refractivity contribution in [3.63, 3.8) is 0 Å². The Morgan fingerprint density at radius 1 is 1.47 bits per heavy atom. The van der Waals surface area contributed by atoms with Gasteiger partial charge in [-0.25, -0.2) is 13.4 Å². The van der Waals surface area contributed by atoms with Gasteiger partial charge < -0.3 is 9.97 Å².